The molecule has 1 fully saturated rings. The van der Waals surface area contributed by atoms with Crippen molar-refractivity contribution in [1.29, 1.82) is 0 Å². The van der Waals surface area contributed by atoms with Crippen molar-refractivity contribution in [3.05, 3.63) is 0 Å². The van der Waals surface area contributed by atoms with E-state index >= 15 is 0 Å². The zero-order valence-electron chi connectivity index (χ0n) is 10.2. The molecule has 2 N–H and O–H groups in total. The van der Waals surface area contributed by atoms with Gasteiger partial charge in [-0.15, -0.1) is 0 Å². The first kappa shape index (κ1) is 12.9. The van der Waals surface area contributed by atoms with E-state index in [-0.39, 0.29) is 0 Å². The van der Waals surface area contributed by atoms with Gasteiger partial charge in [0.1, 0.15) is 0 Å². The number of rotatable bonds is 6. The third-order valence-corrected chi connectivity index (χ3v) is 3.49. The molecule has 0 aliphatic carbocycles. The molecule has 0 saturated carbocycles. The smallest absolute Gasteiger partial charge is 0.0462 e. The second-order valence-corrected chi connectivity index (χ2v) is 4.72. The molecule has 0 aromatic carbocycles. The number of ether oxygens (including phenoxy) is 1. The lowest BCUT2D eigenvalue weighted by Gasteiger charge is -2.37. The fourth-order valence-electron chi connectivity index (χ4n) is 2.33. The molecule has 0 aromatic rings. The number of unbranched alkanes of at least 4 members (excludes halogenated alkanes) is 1. The van der Waals surface area contributed by atoms with Crippen LogP contribution in [0.3, 0.4) is 0 Å². The lowest BCUT2D eigenvalue weighted by atomic mass is 9.93. The Balaban J connectivity index is 2.19. The normalized spacial score (nSPS) is 28.2. The molecule has 1 saturated heterocycles. The van der Waals surface area contributed by atoms with E-state index in [0.717, 1.165) is 25.1 Å². The van der Waals surface area contributed by atoms with Crippen LogP contribution in [0, 0.1) is 5.92 Å². The lowest BCUT2D eigenvalue weighted by Crippen LogP contribution is -2.44. The molecule has 0 aromatic heterocycles. The van der Waals surface area contributed by atoms with E-state index in [1.54, 1.807) is 7.11 Å². The van der Waals surface area contributed by atoms with Crippen LogP contribution in [0.1, 0.15) is 32.6 Å². The highest BCUT2D eigenvalue weighted by atomic mass is 16.5. The van der Waals surface area contributed by atoms with Crippen molar-refractivity contribution in [2.75, 3.05) is 33.4 Å². The van der Waals surface area contributed by atoms with Gasteiger partial charge in [0.15, 0.2) is 0 Å². The molecule has 3 nitrogen and oxygen atoms in total. The summed E-state index contributed by atoms with van der Waals surface area (Å²) in [7, 11) is 1.77. The first-order valence-corrected chi connectivity index (χ1v) is 6.21. The standard InChI is InChI=1S/C12H26N2O/c1-11-5-6-12(9-13)10-14(11)7-3-4-8-15-2/h11-12H,3-10,13H2,1-2H3. The SMILES string of the molecule is COCCCCN1CC(CN)CCC1C. The number of piperidine rings is 1. The highest BCUT2D eigenvalue weighted by molar-refractivity contribution is 4.79. The number of methoxy groups -OCH3 is 1. The van der Waals surface area contributed by atoms with Crippen molar-refractivity contribution < 1.29 is 4.74 Å². The maximum atomic E-state index is 5.74. The van der Waals surface area contributed by atoms with Crippen molar-refractivity contribution in [3.8, 4) is 0 Å². The van der Waals surface area contributed by atoms with Crippen molar-refractivity contribution in [3.63, 3.8) is 0 Å². The van der Waals surface area contributed by atoms with Crippen LogP contribution < -0.4 is 5.73 Å². The lowest BCUT2D eigenvalue weighted by molar-refractivity contribution is 0.113. The Morgan fingerprint density at radius 3 is 2.80 bits per heavy atom. The van der Waals surface area contributed by atoms with E-state index in [9.17, 15) is 0 Å². The van der Waals surface area contributed by atoms with Gasteiger partial charge in [0, 0.05) is 26.3 Å². The largest absolute Gasteiger partial charge is 0.385 e. The molecule has 1 aliphatic heterocycles. The van der Waals surface area contributed by atoms with Gasteiger partial charge in [-0.2, -0.15) is 0 Å². The summed E-state index contributed by atoms with van der Waals surface area (Å²) in [6.45, 7) is 6.48. The fraction of sp³-hybridized carbons (Fsp3) is 1.00. The van der Waals surface area contributed by atoms with Gasteiger partial charge in [-0.25, -0.2) is 0 Å². The van der Waals surface area contributed by atoms with Crippen LogP contribution in [0.5, 0.6) is 0 Å². The zero-order chi connectivity index (χ0) is 11.1. The van der Waals surface area contributed by atoms with E-state index in [4.69, 9.17) is 10.5 Å². The van der Waals surface area contributed by atoms with Crippen LogP contribution in [0.4, 0.5) is 0 Å². The van der Waals surface area contributed by atoms with Crippen molar-refractivity contribution in [2.45, 2.75) is 38.6 Å². The Kier molecular flexibility index (Phi) is 6.22. The highest BCUT2D eigenvalue weighted by Crippen LogP contribution is 2.21. The average Bonchev–Trinajstić information content (AvgIpc) is 2.26. The Morgan fingerprint density at radius 1 is 1.33 bits per heavy atom. The van der Waals surface area contributed by atoms with E-state index in [0.29, 0.717) is 0 Å². The van der Waals surface area contributed by atoms with Crippen molar-refractivity contribution in [2.24, 2.45) is 11.7 Å². The summed E-state index contributed by atoms with van der Waals surface area (Å²) < 4.78 is 5.06. The maximum Gasteiger partial charge on any atom is 0.0462 e. The Morgan fingerprint density at radius 2 is 2.13 bits per heavy atom. The number of nitrogens with two attached hydrogens (primary N) is 1. The van der Waals surface area contributed by atoms with Crippen molar-refractivity contribution in [1.82, 2.24) is 4.90 Å². The number of hydrogen-bond acceptors (Lipinski definition) is 3. The van der Waals surface area contributed by atoms with Gasteiger partial charge in [-0.3, -0.25) is 0 Å². The molecule has 1 rings (SSSR count). The minimum Gasteiger partial charge on any atom is -0.385 e. The van der Waals surface area contributed by atoms with Gasteiger partial charge in [0.25, 0.3) is 0 Å². The van der Waals surface area contributed by atoms with E-state index in [2.05, 4.69) is 11.8 Å². The maximum absolute atomic E-state index is 5.74. The third-order valence-electron chi connectivity index (χ3n) is 3.49. The second-order valence-electron chi connectivity index (χ2n) is 4.72. The molecule has 1 aliphatic rings. The summed E-state index contributed by atoms with van der Waals surface area (Å²) in [6.07, 6.45) is 5.04. The predicted octanol–water partition coefficient (Wildman–Crippen LogP) is 1.47. The van der Waals surface area contributed by atoms with Gasteiger partial charge in [-0.05, 0) is 51.6 Å². The van der Waals surface area contributed by atoms with Gasteiger partial charge in [0.2, 0.25) is 0 Å². The van der Waals surface area contributed by atoms with Crippen molar-refractivity contribution >= 4 is 0 Å². The summed E-state index contributed by atoms with van der Waals surface area (Å²) in [5, 5.41) is 0. The quantitative estimate of drug-likeness (QED) is 0.681. The monoisotopic (exact) mass is 214 g/mol. The average molecular weight is 214 g/mol. The molecule has 2 unspecified atom stereocenters. The summed E-state index contributed by atoms with van der Waals surface area (Å²) in [6, 6.07) is 0.746. The van der Waals surface area contributed by atoms with Gasteiger partial charge < -0.3 is 15.4 Å². The highest BCUT2D eigenvalue weighted by Gasteiger charge is 2.23. The summed E-state index contributed by atoms with van der Waals surface area (Å²) in [4.78, 5) is 2.59. The van der Waals surface area contributed by atoms with Gasteiger partial charge in [0.05, 0.1) is 0 Å². The topological polar surface area (TPSA) is 38.5 Å². The molecule has 15 heavy (non-hydrogen) atoms. The number of nitrogens with zero attached hydrogens (tertiary/aromatic N) is 1. The molecule has 0 amide bonds. The van der Waals surface area contributed by atoms with Crippen LogP contribution >= 0.6 is 0 Å². The fourth-order valence-corrected chi connectivity index (χ4v) is 2.33. The predicted molar refractivity (Wildman–Crippen MR) is 63.9 cm³/mol. The minimum atomic E-state index is 0.726. The van der Waals surface area contributed by atoms with Crippen LogP contribution in [0.15, 0.2) is 0 Å². The Labute approximate surface area is 94.0 Å². The van der Waals surface area contributed by atoms with E-state index < -0.39 is 0 Å². The first-order chi connectivity index (χ1) is 7.27. The summed E-state index contributed by atoms with van der Waals surface area (Å²) in [5.41, 5.74) is 5.74. The van der Waals surface area contributed by atoms with Crippen LogP contribution in [-0.4, -0.2) is 44.3 Å². The first-order valence-electron chi connectivity index (χ1n) is 6.21. The van der Waals surface area contributed by atoms with Crippen LogP contribution in [-0.2, 0) is 4.74 Å². The van der Waals surface area contributed by atoms with Crippen LogP contribution in [0.25, 0.3) is 0 Å². The van der Waals surface area contributed by atoms with E-state index in [1.807, 2.05) is 0 Å². The molecule has 90 valence electrons. The molecular formula is C12H26N2O. The Hall–Kier alpha value is -0.120. The summed E-state index contributed by atoms with van der Waals surface area (Å²) >= 11 is 0. The van der Waals surface area contributed by atoms with Gasteiger partial charge >= 0.3 is 0 Å². The zero-order valence-corrected chi connectivity index (χ0v) is 10.2. The van der Waals surface area contributed by atoms with Crippen LogP contribution in [0.2, 0.25) is 0 Å². The second kappa shape index (κ2) is 7.20. The van der Waals surface area contributed by atoms with E-state index in [1.165, 1.54) is 38.8 Å². The molecule has 3 heteroatoms. The summed E-state index contributed by atoms with van der Waals surface area (Å²) in [5.74, 6) is 0.726. The molecule has 0 bridgehead atoms. The molecule has 0 radical (unpaired) electrons. The number of hydrogen-bond donors (Lipinski definition) is 1. The van der Waals surface area contributed by atoms with Gasteiger partial charge in [-0.1, -0.05) is 0 Å². The third kappa shape index (κ3) is 4.49. The molecular weight excluding hydrogens is 188 g/mol. The molecule has 0 spiro atoms. The minimum absolute atomic E-state index is 0.726. The molecule has 1 heterocycles. The Bertz CT molecular complexity index is 164. The number of likely N-dealkylation sites (tertiary alicyclic amines) is 1. The molecule has 2 atom stereocenters.